The highest BCUT2D eigenvalue weighted by atomic mass is 16.4. The van der Waals surface area contributed by atoms with Gasteiger partial charge in [-0.05, 0) is 44.9 Å². The van der Waals surface area contributed by atoms with Gasteiger partial charge in [0.05, 0.1) is 12.5 Å². The lowest BCUT2D eigenvalue weighted by atomic mass is 10.0. The SMILES string of the molecule is CCn1cc(CN2CCCCCC2CC(O)c2ccco2)cn1. The highest BCUT2D eigenvalue weighted by Crippen LogP contribution is 2.27. The quantitative estimate of drug-likeness (QED) is 0.887. The smallest absolute Gasteiger partial charge is 0.132 e. The van der Waals surface area contributed by atoms with E-state index in [1.54, 1.807) is 6.26 Å². The normalized spacial score (nSPS) is 21.2. The van der Waals surface area contributed by atoms with Gasteiger partial charge in [-0.1, -0.05) is 12.8 Å². The molecule has 1 N–H and O–H groups in total. The van der Waals surface area contributed by atoms with Gasteiger partial charge in [-0.15, -0.1) is 0 Å². The Bertz CT molecular complexity index is 579. The molecular formula is C18H27N3O2. The van der Waals surface area contributed by atoms with E-state index in [2.05, 4.69) is 23.1 Å². The molecule has 0 radical (unpaired) electrons. The van der Waals surface area contributed by atoms with E-state index in [1.807, 2.05) is 23.0 Å². The molecule has 2 aromatic heterocycles. The number of aliphatic hydroxyl groups excluding tert-OH is 1. The summed E-state index contributed by atoms with van der Waals surface area (Å²) in [5.74, 6) is 0.674. The second-order valence-corrected chi connectivity index (χ2v) is 6.44. The summed E-state index contributed by atoms with van der Waals surface area (Å²) in [7, 11) is 0. The van der Waals surface area contributed by atoms with Crippen LogP contribution in [0.15, 0.2) is 35.2 Å². The summed E-state index contributed by atoms with van der Waals surface area (Å²) in [6, 6.07) is 4.09. The summed E-state index contributed by atoms with van der Waals surface area (Å²) >= 11 is 0. The van der Waals surface area contributed by atoms with Crippen LogP contribution in [0.4, 0.5) is 0 Å². The van der Waals surface area contributed by atoms with Crippen molar-refractivity contribution in [2.75, 3.05) is 6.54 Å². The average molecular weight is 317 g/mol. The fraction of sp³-hybridized carbons (Fsp3) is 0.611. The third-order valence-corrected chi connectivity index (χ3v) is 4.76. The Morgan fingerprint density at radius 3 is 3.04 bits per heavy atom. The number of aliphatic hydroxyl groups is 1. The second kappa shape index (κ2) is 7.79. The van der Waals surface area contributed by atoms with Crippen molar-refractivity contribution in [3.05, 3.63) is 42.1 Å². The lowest BCUT2D eigenvalue weighted by Gasteiger charge is -2.30. The van der Waals surface area contributed by atoms with Crippen LogP contribution in [-0.2, 0) is 13.1 Å². The minimum absolute atomic E-state index is 0.391. The zero-order valence-corrected chi connectivity index (χ0v) is 13.9. The zero-order chi connectivity index (χ0) is 16.1. The molecule has 2 aromatic rings. The van der Waals surface area contributed by atoms with Gasteiger partial charge in [-0.3, -0.25) is 9.58 Å². The Balaban J connectivity index is 1.66. The minimum atomic E-state index is -0.519. The van der Waals surface area contributed by atoms with E-state index in [0.29, 0.717) is 11.8 Å². The van der Waals surface area contributed by atoms with Gasteiger partial charge < -0.3 is 9.52 Å². The Labute approximate surface area is 137 Å². The molecule has 1 aliphatic heterocycles. The standard InChI is InChI=1S/C18H27N3O2/c1-2-21-14-15(12-19-21)13-20-9-5-3-4-7-16(20)11-17(22)18-8-6-10-23-18/h6,8,10,12,14,16-17,22H,2-5,7,9,11,13H2,1H3. The molecule has 0 spiro atoms. The van der Waals surface area contributed by atoms with Gasteiger partial charge in [0.25, 0.3) is 0 Å². The van der Waals surface area contributed by atoms with Crippen molar-refractivity contribution < 1.29 is 9.52 Å². The lowest BCUT2D eigenvalue weighted by molar-refractivity contribution is 0.0830. The van der Waals surface area contributed by atoms with Gasteiger partial charge in [0.15, 0.2) is 0 Å². The van der Waals surface area contributed by atoms with Crippen LogP contribution < -0.4 is 0 Å². The van der Waals surface area contributed by atoms with Crippen LogP contribution in [0, 0.1) is 0 Å². The predicted molar refractivity (Wildman–Crippen MR) is 88.9 cm³/mol. The van der Waals surface area contributed by atoms with Crippen molar-refractivity contribution in [2.45, 2.75) is 64.3 Å². The van der Waals surface area contributed by atoms with Crippen molar-refractivity contribution >= 4 is 0 Å². The van der Waals surface area contributed by atoms with E-state index in [9.17, 15) is 5.11 Å². The molecule has 2 unspecified atom stereocenters. The fourth-order valence-corrected chi connectivity index (χ4v) is 3.46. The maximum atomic E-state index is 10.4. The Morgan fingerprint density at radius 2 is 2.30 bits per heavy atom. The summed E-state index contributed by atoms with van der Waals surface area (Å²) in [6.45, 7) is 5.01. The van der Waals surface area contributed by atoms with Crippen molar-refractivity contribution in [3.63, 3.8) is 0 Å². The molecule has 0 bridgehead atoms. The number of furan rings is 1. The number of rotatable bonds is 6. The average Bonchev–Trinajstić information content (AvgIpc) is 3.19. The number of aryl methyl sites for hydroxylation is 1. The zero-order valence-electron chi connectivity index (χ0n) is 13.9. The van der Waals surface area contributed by atoms with Gasteiger partial charge in [-0.25, -0.2) is 0 Å². The Morgan fingerprint density at radius 1 is 1.39 bits per heavy atom. The first kappa shape index (κ1) is 16.3. The van der Waals surface area contributed by atoms with E-state index in [-0.39, 0.29) is 0 Å². The number of likely N-dealkylation sites (tertiary alicyclic amines) is 1. The van der Waals surface area contributed by atoms with Crippen LogP contribution >= 0.6 is 0 Å². The van der Waals surface area contributed by atoms with Crippen LogP contribution in [0.5, 0.6) is 0 Å². The maximum Gasteiger partial charge on any atom is 0.132 e. The first-order chi connectivity index (χ1) is 11.3. The van der Waals surface area contributed by atoms with Crippen LogP contribution in [-0.4, -0.2) is 32.4 Å². The van der Waals surface area contributed by atoms with Crippen molar-refractivity contribution in [1.29, 1.82) is 0 Å². The summed E-state index contributed by atoms with van der Waals surface area (Å²) < 4.78 is 7.33. The van der Waals surface area contributed by atoms with Crippen LogP contribution in [0.25, 0.3) is 0 Å². The summed E-state index contributed by atoms with van der Waals surface area (Å²) in [4.78, 5) is 2.51. The van der Waals surface area contributed by atoms with Crippen molar-refractivity contribution in [1.82, 2.24) is 14.7 Å². The van der Waals surface area contributed by atoms with Crippen LogP contribution in [0.2, 0.25) is 0 Å². The molecule has 1 saturated heterocycles. The summed E-state index contributed by atoms with van der Waals surface area (Å²) in [5.41, 5.74) is 1.26. The predicted octanol–water partition coefficient (Wildman–Crippen LogP) is 3.36. The third-order valence-electron chi connectivity index (χ3n) is 4.76. The van der Waals surface area contributed by atoms with Gasteiger partial charge >= 0.3 is 0 Å². The molecule has 0 aromatic carbocycles. The molecule has 0 saturated carbocycles. The first-order valence-corrected chi connectivity index (χ1v) is 8.73. The molecule has 23 heavy (non-hydrogen) atoms. The molecule has 0 amide bonds. The highest BCUT2D eigenvalue weighted by Gasteiger charge is 2.25. The summed E-state index contributed by atoms with van der Waals surface area (Å²) in [5, 5.41) is 14.8. The molecule has 1 aliphatic rings. The minimum Gasteiger partial charge on any atom is -0.467 e. The van der Waals surface area contributed by atoms with Gasteiger partial charge in [-0.2, -0.15) is 5.10 Å². The van der Waals surface area contributed by atoms with E-state index in [0.717, 1.165) is 32.5 Å². The van der Waals surface area contributed by atoms with Gasteiger partial charge in [0.2, 0.25) is 0 Å². The Kier molecular flexibility index (Phi) is 5.51. The monoisotopic (exact) mass is 317 g/mol. The number of aromatic nitrogens is 2. The van der Waals surface area contributed by atoms with Crippen LogP contribution in [0.3, 0.4) is 0 Å². The van der Waals surface area contributed by atoms with E-state index < -0.39 is 6.10 Å². The van der Waals surface area contributed by atoms with Crippen LogP contribution in [0.1, 0.15) is 56.5 Å². The number of hydrogen-bond acceptors (Lipinski definition) is 4. The van der Waals surface area contributed by atoms with E-state index >= 15 is 0 Å². The highest BCUT2D eigenvalue weighted by molar-refractivity contribution is 5.05. The lowest BCUT2D eigenvalue weighted by Crippen LogP contribution is -2.35. The number of hydrogen-bond donors (Lipinski definition) is 1. The van der Waals surface area contributed by atoms with E-state index in [1.165, 1.54) is 24.8 Å². The molecule has 2 atom stereocenters. The van der Waals surface area contributed by atoms with E-state index in [4.69, 9.17) is 4.42 Å². The van der Waals surface area contributed by atoms with Gasteiger partial charge in [0.1, 0.15) is 11.9 Å². The third kappa shape index (κ3) is 4.24. The second-order valence-electron chi connectivity index (χ2n) is 6.44. The molecule has 126 valence electrons. The first-order valence-electron chi connectivity index (χ1n) is 8.73. The molecule has 5 heteroatoms. The van der Waals surface area contributed by atoms with Crippen molar-refractivity contribution in [3.8, 4) is 0 Å². The largest absolute Gasteiger partial charge is 0.467 e. The molecule has 3 heterocycles. The molecule has 1 fully saturated rings. The fourth-order valence-electron chi connectivity index (χ4n) is 3.46. The molecule has 3 rings (SSSR count). The molecule has 5 nitrogen and oxygen atoms in total. The van der Waals surface area contributed by atoms with Crippen molar-refractivity contribution in [2.24, 2.45) is 0 Å². The topological polar surface area (TPSA) is 54.4 Å². The number of nitrogens with zero attached hydrogens (tertiary/aromatic N) is 3. The summed E-state index contributed by atoms with van der Waals surface area (Å²) in [6.07, 6.45) is 10.8. The molecular weight excluding hydrogens is 290 g/mol. The Hall–Kier alpha value is -1.59. The maximum absolute atomic E-state index is 10.4. The van der Waals surface area contributed by atoms with Gasteiger partial charge in [0, 0.05) is 30.9 Å². The molecule has 0 aliphatic carbocycles.